The predicted molar refractivity (Wildman–Crippen MR) is 106 cm³/mol. The first-order valence-corrected chi connectivity index (χ1v) is 9.24. The number of thiazole rings is 1. The summed E-state index contributed by atoms with van der Waals surface area (Å²) < 4.78 is 0. The smallest absolute Gasteiger partial charge is 0.335 e. The van der Waals surface area contributed by atoms with Gasteiger partial charge in [-0.3, -0.25) is 0 Å². The molecule has 0 aromatic carbocycles. The van der Waals surface area contributed by atoms with Crippen molar-refractivity contribution in [2.24, 2.45) is 0 Å². The third-order valence-corrected chi connectivity index (χ3v) is 4.83. The minimum absolute atomic E-state index is 0.322. The SMILES string of the molecule is C/C=C\c1c(-c2csc(/C(C)=C/C(=C\CCC)C(=O)O)n2)c[nH]c1C. The molecule has 5 heteroatoms. The number of unbranched alkanes of at least 4 members (excludes halogenated alkanes) is 1. The number of aromatic nitrogens is 2. The summed E-state index contributed by atoms with van der Waals surface area (Å²) in [5, 5.41) is 12.2. The summed E-state index contributed by atoms with van der Waals surface area (Å²) in [4.78, 5) is 19.3. The Hall–Kier alpha value is -2.40. The van der Waals surface area contributed by atoms with Crippen LogP contribution >= 0.6 is 11.3 Å². The molecule has 0 unspecified atom stereocenters. The molecule has 0 fully saturated rings. The van der Waals surface area contributed by atoms with Gasteiger partial charge in [0.05, 0.1) is 11.3 Å². The van der Waals surface area contributed by atoms with Crippen LogP contribution in [0.15, 0.2) is 35.4 Å². The molecule has 2 aromatic rings. The third-order valence-electron chi connectivity index (χ3n) is 3.85. The summed E-state index contributed by atoms with van der Waals surface area (Å²) >= 11 is 1.53. The average Bonchev–Trinajstić information content (AvgIpc) is 3.19. The molecule has 0 aliphatic rings. The van der Waals surface area contributed by atoms with E-state index in [2.05, 4.69) is 11.1 Å². The van der Waals surface area contributed by atoms with Crippen LogP contribution in [0.1, 0.15) is 49.9 Å². The number of carbonyl (C=O) groups is 1. The molecule has 0 saturated carbocycles. The minimum atomic E-state index is -0.902. The summed E-state index contributed by atoms with van der Waals surface area (Å²) in [6, 6.07) is 0. The lowest BCUT2D eigenvalue weighted by Crippen LogP contribution is -1.98. The molecule has 2 N–H and O–H groups in total. The van der Waals surface area contributed by atoms with E-state index < -0.39 is 5.97 Å². The van der Waals surface area contributed by atoms with Crippen LogP contribution in [0.3, 0.4) is 0 Å². The fourth-order valence-corrected chi connectivity index (χ4v) is 3.31. The number of hydrogen-bond donors (Lipinski definition) is 2. The van der Waals surface area contributed by atoms with E-state index in [9.17, 15) is 9.90 Å². The maximum atomic E-state index is 11.4. The Balaban J connectivity index is 2.35. The molecule has 2 heterocycles. The summed E-state index contributed by atoms with van der Waals surface area (Å²) in [5.74, 6) is -0.902. The standard InChI is InChI=1S/C20H24N2O2S/c1-5-7-9-15(20(23)24)10-13(3)19-22-18(12-25-19)17-11-21-14(4)16(17)8-6-2/h6,8-12,21H,5,7H2,1-4H3,(H,23,24)/b8-6-,13-10+,15-9+. The molecule has 2 aromatic heterocycles. The first-order chi connectivity index (χ1) is 12.0. The number of nitrogens with zero attached hydrogens (tertiary/aromatic N) is 1. The first-order valence-electron chi connectivity index (χ1n) is 8.36. The summed E-state index contributed by atoms with van der Waals surface area (Å²) in [6.07, 6.45) is 11.2. The number of hydrogen-bond acceptors (Lipinski definition) is 3. The highest BCUT2D eigenvalue weighted by Gasteiger charge is 2.13. The van der Waals surface area contributed by atoms with Crippen molar-refractivity contribution < 1.29 is 9.90 Å². The van der Waals surface area contributed by atoms with Crippen molar-refractivity contribution >= 4 is 29.0 Å². The van der Waals surface area contributed by atoms with Crippen molar-refractivity contribution in [1.29, 1.82) is 0 Å². The van der Waals surface area contributed by atoms with Crippen LogP contribution < -0.4 is 0 Å². The molecule has 0 atom stereocenters. The maximum absolute atomic E-state index is 11.4. The molecule has 0 bridgehead atoms. The maximum Gasteiger partial charge on any atom is 0.335 e. The van der Waals surface area contributed by atoms with Crippen molar-refractivity contribution in [3.05, 3.63) is 51.6 Å². The number of carboxylic acids is 1. The van der Waals surface area contributed by atoms with Gasteiger partial charge in [-0.15, -0.1) is 11.3 Å². The lowest BCUT2D eigenvalue weighted by Gasteiger charge is -2.00. The highest BCUT2D eigenvalue weighted by atomic mass is 32.1. The van der Waals surface area contributed by atoms with Crippen molar-refractivity contribution in [3.63, 3.8) is 0 Å². The van der Waals surface area contributed by atoms with Gasteiger partial charge in [0.1, 0.15) is 5.01 Å². The van der Waals surface area contributed by atoms with E-state index in [0.717, 1.165) is 45.9 Å². The molecule has 4 nitrogen and oxygen atoms in total. The number of allylic oxidation sites excluding steroid dienone is 3. The number of aliphatic carboxylic acids is 1. The molecule has 2 rings (SSSR count). The van der Waals surface area contributed by atoms with Crippen LogP contribution in [0.25, 0.3) is 22.9 Å². The molecular weight excluding hydrogens is 332 g/mol. The molecule has 132 valence electrons. The molecule has 0 aliphatic carbocycles. The van der Waals surface area contributed by atoms with Gasteiger partial charge in [-0.1, -0.05) is 31.6 Å². The summed E-state index contributed by atoms with van der Waals surface area (Å²) in [5.41, 5.74) is 5.38. The Bertz CT molecular complexity index is 838. The predicted octanol–water partition coefficient (Wildman–Crippen LogP) is 5.69. The van der Waals surface area contributed by atoms with E-state index in [4.69, 9.17) is 4.98 Å². The van der Waals surface area contributed by atoms with Gasteiger partial charge in [0.15, 0.2) is 0 Å². The highest BCUT2D eigenvalue weighted by molar-refractivity contribution is 7.11. The lowest BCUT2D eigenvalue weighted by molar-refractivity contribution is -0.132. The second-order valence-electron chi connectivity index (χ2n) is 5.86. The van der Waals surface area contributed by atoms with Crippen LogP contribution in [0.4, 0.5) is 0 Å². The van der Waals surface area contributed by atoms with Crippen molar-refractivity contribution in [2.45, 2.75) is 40.5 Å². The van der Waals surface area contributed by atoms with E-state index >= 15 is 0 Å². The molecular formula is C20H24N2O2S. The van der Waals surface area contributed by atoms with E-state index in [1.165, 1.54) is 11.3 Å². The van der Waals surface area contributed by atoms with E-state index in [1.807, 2.05) is 45.3 Å². The zero-order valence-electron chi connectivity index (χ0n) is 15.1. The molecule has 0 aliphatic heterocycles. The highest BCUT2D eigenvalue weighted by Crippen LogP contribution is 2.31. The van der Waals surface area contributed by atoms with Crippen LogP contribution in [-0.4, -0.2) is 21.0 Å². The van der Waals surface area contributed by atoms with E-state index in [-0.39, 0.29) is 0 Å². The molecule has 0 amide bonds. The van der Waals surface area contributed by atoms with Crippen molar-refractivity contribution in [3.8, 4) is 11.3 Å². The average molecular weight is 356 g/mol. The molecule has 0 radical (unpaired) electrons. The van der Waals surface area contributed by atoms with Gasteiger partial charge < -0.3 is 10.1 Å². The Morgan fingerprint density at radius 1 is 1.44 bits per heavy atom. The largest absolute Gasteiger partial charge is 0.478 e. The minimum Gasteiger partial charge on any atom is -0.478 e. The van der Waals surface area contributed by atoms with Gasteiger partial charge in [-0.05, 0) is 38.8 Å². The number of rotatable bonds is 7. The Labute approximate surface area is 152 Å². The second-order valence-corrected chi connectivity index (χ2v) is 6.72. The number of aryl methyl sites for hydroxylation is 1. The van der Waals surface area contributed by atoms with Gasteiger partial charge in [0.25, 0.3) is 0 Å². The van der Waals surface area contributed by atoms with Gasteiger partial charge >= 0.3 is 5.97 Å². The molecule has 0 saturated heterocycles. The topological polar surface area (TPSA) is 66.0 Å². The number of carboxylic acid groups (broad SMARTS) is 1. The van der Waals surface area contributed by atoms with Gasteiger partial charge in [-0.2, -0.15) is 0 Å². The van der Waals surface area contributed by atoms with E-state index in [1.54, 1.807) is 12.2 Å². The van der Waals surface area contributed by atoms with Crippen molar-refractivity contribution in [2.75, 3.05) is 0 Å². The van der Waals surface area contributed by atoms with Crippen molar-refractivity contribution in [1.82, 2.24) is 9.97 Å². The zero-order valence-corrected chi connectivity index (χ0v) is 15.9. The van der Waals surface area contributed by atoms with Gasteiger partial charge in [-0.25, -0.2) is 9.78 Å². The molecule has 0 spiro atoms. The summed E-state index contributed by atoms with van der Waals surface area (Å²) in [6.45, 7) is 7.96. The van der Waals surface area contributed by atoms with Gasteiger partial charge in [0.2, 0.25) is 0 Å². The Morgan fingerprint density at radius 3 is 2.84 bits per heavy atom. The number of aromatic amines is 1. The van der Waals surface area contributed by atoms with Crippen LogP contribution in [0, 0.1) is 6.92 Å². The second kappa shape index (κ2) is 8.62. The Morgan fingerprint density at radius 2 is 2.20 bits per heavy atom. The Kier molecular flexibility index (Phi) is 6.53. The number of H-pyrrole nitrogens is 1. The van der Waals surface area contributed by atoms with Crippen LogP contribution in [0.2, 0.25) is 0 Å². The first kappa shape index (κ1) is 18.9. The quantitative estimate of drug-likeness (QED) is 0.494. The van der Waals surface area contributed by atoms with Gasteiger partial charge in [0, 0.05) is 28.4 Å². The fourth-order valence-electron chi connectivity index (χ4n) is 2.51. The zero-order chi connectivity index (χ0) is 18.4. The molecule has 25 heavy (non-hydrogen) atoms. The van der Waals surface area contributed by atoms with Crippen LogP contribution in [0.5, 0.6) is 0 Å². The van der Waals surface area contributed by atoms with Crippen LogP contribution in [-0.2, 0) is 4.79 Å². The fraction of sp³-hybridized carbons (Fsp3) is 0.300. The third kappa shape index (κ3) is 4.57. The lowest BCUT2D eigenvalue weighted by atomic mass is 10.1. The summed E-state index contributed by atoms with van der Waals surface area (Å²) in [7, 11) is 0. The monoisotopic (exact) mass is 356 g/mol. The van der Waals surface area contributed by atoms with E-state index in [0.29, 0.717) is 5.57 Å². The normalized spacial score (nSPS) is 13.0. The number of nitrogens with one attached hydrogen (secondary N) is 1.